The Morgan fingerprint density at radius 1 is 1.47 bits per heavy atom. The van der Waals surface area contributed by atoms with Gasteiger partial charge in [0.25, 0.3) is 0 Å². The predicted molar refractivity (Wildman–Crippen MR) is 70.7 cm³/mol. The molecule has 0 bridgehead atoms. The second-order valence-electron chi connectivity index (χ2n) is 3.85. The van der Waals surface area contributed by atoms with Crippen LogP contribution in [-0.2, 0) is 16.0 Å². The average molecular weight is 279 g/mol. The van der Waals surface area contributed by atoms with E-state index in [0.29, 0.717) is 23.7 Å². The second-order valence-corrected chi connectivity index (χ2v) is 5.54. The molecule has 1 unspecified atom stereocenters. The molecule has 4 nitrogen and oxygen atoms in total. The Bertz CT molecular complexity index is 322. The quantitative estimate of drug-likeness (QED) is 0.731. The van der Waals surface area contributed by atoms with E-state index in [1.54, 1.807) is 14.2 Å². The summed E-state index contributed by atoms with van der Waals surface area (Å²) in [7, 11) is 3.43. The molecule has 0 aliphatic rings. The molecule has 0 spiro atoms. The number of hydrogen-bond donors (Lipinski definition) is 0. The van der Waals surface area contributed by atoms with Gasteiger partial charge in [0.15, 0.2) is 4.47 Å². The van der Waals surface area contributed by atoms with Crippen molar-refractivity contribution < 1.29 is 9.47 Å². The highest BCUT2D eigenvalue weighted by Crippen LogP contribution is 2.20. The van der Waals surface area contributed by atoms with Crippen LogP contribution in [0.25, 0.3) is 0 Å². The molecule has 0 radical (unpaired) electrons. The van der Waals surface area contributed by atoms with Crippen molar-refractivity contribution in [3.63, 3.8) is 0 Å². The van der Waals surface area contributed by atoms with Gasteiger partial charge in [-0.3, -0.25) is 4.90 Å². The Hall–Kier alpha value is -0.200. The van der Waals surface area contributed by atoms with Gasteiger partial charge in [0.2, 0.25) is 0 Å². The number of rotatable bonds is 8. The molecule has 0 aromatic carbocycles. The zero-order valence-electron chi connectivity index (χ0n) is 10.5. The van der Waals surface area contributed by atoms with Gasteiger partial charge in [-0.05, 0) is 6.92 Å². The van der Waals surface area contributed by atoms with Crippen molar-refractivity contribution in [2.75, 3.05) is 34.0 Å². The van der Waals surface area contributed by atoms with Gasteiger partial charge in [-0.2, -0.15) is 0 Å². The highest BCUT2D eigenvalue weighted by Gasteiger charge is 2.15. The zero-order chi connectivity index (χ0) is 12.7. The van der Waals surface area contributed by atoms with E-state index in [1.807, 2.05) is 6.20 Å². The summed E-state index contributed by atoms with van der Waals surface area (Å²) in [6, 6.07) is 0.344. The lowest BCUT2D eigenvalue weighted by Gasteiger charge is -2.27. The van der Waals surface area contributed by atoms with E-state index in [1.165, 1.54) is 11.3 Å². The Labute approximate surface area is 112 Å². The maximum absolute atomic E-state index is 5.83. The molecule has 0 aliphatic carbocycles. The van der Waals surface area contributed by atoms with Crippen molar-refractivity contribution in [2.24, 2.45) is 0 Å². The largest absolute Gasteiger partial charge is 0.383 e. The van der Waals surface area contributed by atoms with Gasteiger partial charge in [-0.1, -0.05) is 11.6 Å². The third kappa shape index (κ3) is 5.31. The first-order chi connectivity index (χ1) is 8.17. The van der Waals surface area contributed by atoms with Crippen molar-refractivity contribution in [2.45, 2.75) is 19.5 Å². The molecule has 1 atom stereocenters. The van der Waals surface area contributed by atoms with E-state index >= 15 is 0 Å². The number of methoxy groups -OCH3 is 2. The SMILES string of the molecule is COCCN(Cc1cnc(Cl)s1)C(C)COC. The maximum atomic E-state index is 5.83. The lowest BCUT2D eigenvalue weighted by Crippen LogP contribution is -2.37. The number of halogens is 1. The predicted octanol–water partition coefficient (Wildman–Crippen LogP) is 2.28. The van der Waals surface area contributed by atoms with Gasteiger partial charge in [0.1, 0.15) is 0 Å². The molecule has 1 aromatic rings. The monoisotopic (exact) mass is 278 g/mol. The normalized spacial score (nSPS) is 13.2. The molecular formula is C11H19ClN2O2S. The number of nitrogens with zero attached hydrogens (tertiary/aromatic N) is 2. The molecular weight excluding hydrogens is 260 g/mol. The van der Waals surface area contributed by atoms with Gasteiger partial charge in [-0.15, -0.1) is 11.3 Å². The van der Waals surface area contributed by atoms with Crippen LogP contribution in [-0.4, -0.2) is 49.9 Å². The van der Waals surface area contributed by atoms with Crippen LogP contribution in [0.4, 0.5) is 0 Å². The van der Waals surface area contributed by atoms with Crippen LogP contribution >= 0.6 is 22.9 Å². The molecule has 0 aliphatic heterocycles. The molecule has 0 amide bonds. The summed E-state index contributed by atoms with van der Waals surface area (Å²) >= 11 is 7.34. The Morgan fingerprint density at radius 3 is 2.76 bits per heavy atom. The standard InChI is InChI=1S/C11H19ClN2O2S/c1-9(8-16-3)14(4-5-15-2)7-10-6-13-11(12)17-10/h6,9H,4-5,7-8H2,1-3H3. The lowest BCUT2D eigenvalue weighted by atomic mass is 10.3. The summed E-state index contributed by atoms with van der Waals surface area (Å²) in [5.74, 6) is 0. The number of ether oxygens (including phenoxy) is 2. The molecule has 1 aromatic heterocycles. The van der Waals surface area contributed by atoms with Crippen LogP contribution in [0.5, 0.6) is 0 Å². The van der Waals surface area contributed by atoms with Crippen molar-refractivity contribution in [3.05, 3.63) is 15.5 Å². The van der Waals surface area contributed by atoms with Crippen molar-refractivity contribution >= 4 is 22.9 Å². The lowest BCUT2D eigenvalue weighted by molar-refractivity contribution is 0.0711. The fraction of sp³-hybridized carbons (Fsp3) is 0.727. The van der Waals surface area contributed by atoms with E-state index in [4.69, 9.17) is 21.1 Å². The van der Waals surface area contributed by atoms with Gasteiger partial charge >= 0.3 is 0 Å². The van der Waals surface area contributed by atoms with Gasteiger partial charge < -0.3 is 9.47 Å². The smallest absolute Gasteiger partial charge is 0.183 e. The van der Waals surface area contributed by atoms with Crippen molar-refractivity contribution in [1.82, 2.24) is 9.88 Å². The first-order valence-electron chi connectivity index (χ1n) is 5.49. The minimum absolute atomic E-state index is 0.344. The molecule has 0 saturated heterocycles. The zero-order valence-corrected chi connectivity index (χ0v) is 12.1. The molecule has 17 heavy (non-hydrogen) atoms. The van der Waals surface area contributed by atoms with Crippen LogP contribution in [0.2, 0.25) is 4.47 Å². The third-order valence-electron chi connectivity index (χ3n) is 2.50. The minimum atomic E-state index is 0.344. The minimum Gasteiger partial charge on any atom is -0.383 e. The first-order valence-corrected chi connectivity index (χ1v) is 6.69. The molecule has 98 valence electrons. The highest BCUT2D eigenvalue weighted by molar-refractivity contribution is 7.15. The summed E-state index contributed by atoms with van der Waals surface area (Å²) in [4.78, 5) is 7.51. The summed E-state index contributed by atoms with van der Waals surface area (Å²) in [5, 5.41) is 0. The van der Waals surface area contributed by atoms with Crippen LogP contribution in [0.15, 0.2) is 6.20 Å². The maximum Gasteiger partial charge on any atom is 0.183 e. The van der Waals surface area contributed by atoms with Gasteiger partial charge in [0, 0.05) is 44.4 Å². The van der Waals surface area contributed by atoms with Crippen molar-refractivity contribution in [3.8, 4) is 0 Å². The summed E-state index contributed by atoms with van der Waals surface area (Å²) in [5.41, 5.74) is 0. The third-order valence-corrected chi connectivity index (χ3v) is 3.60. The first kappa shape index (κ1) is 14.9. The van der Waals surface area contributed by atoms with E-state index in [0.717, 1.165) is 18.0 Å². The van der Waals surface area contributed by atoms with E-state index in [9.17, 15) is 0 Å². The fourth-order valence-electron chi connectivity index (χ4n) is 1.57. The molecule has 0 N–H and O–H groups in total. The topological polar surface area (TPSA) is 34.6 Å². The second kappa shape index (κ2) is 8.00. The number of thiazole rings is 1. The Balaban J connectivity index is 2.55. The number of aromatic nitrogens is 1. The molecule has 0 fully saturated rings. The molecule has 1 heterocycles. The molecule has 6 heteroatoms. The Kier molecular flexibility index (Phi) is 6.99. The van der Waals surface area contributed by atoms with Crippen molar-refractivity contribution in [1.29, 1.82) is 0 Å². The fourth-order valence-corrected chi connectivity index (χ4v) is 2.57. The van der Waals surface area contributed by atoms with Crippen LogP contribution in [0.1, 0.15) is 11.8 Å². The summed E-state index contributed by atoms with van der Waals surface area (Å²) in [6.45, 7) is 5.26. The molecule has 1 rings (SSSR count). The van der Waals surface area contributed by atoms with Crippen LogP contribution in [0.3, 0.4) is 0 Å². The molecule has 0 saturated carbocycles. The van der Waals surface area contributed by atoms with E-state index in [2.05, 4.69) is 16.8 Å². The summed E-state index contributed by atoms with van der Waals surface area (Å²) < 4.78 is 10.9. The Morgan fingerprint density at radius 2 is 2.24 bits per heavy atom. The van der Waals surface area contributed by atoms with E-state index in [-0.39, 0.29) is 0 Å². The average Bonchev–Trinajstić information content (AvgIpc) is 2.70. The highest BCUT2D eigenvalue weighted by atomic mass is 35.5. The van der Waals surface area contributed by atoms with Crippen LogP contribution in [0, 0.1) is 0 Å². The van der Waals surface area contributed by atoms with Gasteiger partial charge in [-0.25, -0.2) is 4.98 Å². The number of hydrogen-bond acceptors (Lipinski definition) is 5. The van der Waals surface area contributed by atoms with E-state index < -0.39 is 0 Å². The van der Waals surface area contributed by atoms with Crippen LogP contribution < -0.4 is 0 Å². The summed E-state index contributed by atoms with van der Waals surface area (Å²) in [6.07, 6.45) is 1.83. The van der Waals surface area contributed by atoms with Gasteiger partial charge in [0.05, 0.1) is 13.2 Å².